The van der Waals surface area contributed by atoms with Crippen molar-refractivity contribution in [2.24, 2.45) is 0 Å². The molecule has 0 radical (unpaired) electrons. The van der Waals surface area contributed by atoms with Crippen molar-refractivity contribution in [1.82, 2.24) is 0 Å². The van der Waals surface area contributed by atoms with Crippen molar-refractivity contribution in [1.29, 1.82) is 0 Å². The smallest absolute Gasteiger partial charge is 0.308 e. The first-order chi connectivity index (χ1) is 20.0. The number of esters is 2. The van der Waals surface area contributed by atoms with E-state index in [1.54, 1.807) is 6.92 Å². The molecule has 1 saturated heterocycles. The molecule has 1 heterocycles. The van der Waals surface area contributed by atoms with Crippen LogP contribution in [0.1, 0.15) is 37.0 Å². The number of ether oxygens (including phenoxy) is 6. The summed E-state index contributed by atoms with van der Waals surface area (Å²) in [6.45, 7) is 4.36. The van der Waals surface area contributed by atoms with Crippen molar-refractivity contribution < 1.29 is 38.0 Å². The molecule has 8 nitrogen and oxygen atoms in total. The van der Waals surface area contributed by atoms with Gasteiger partial charge in [0, 0.05) is 6.92 Å². The van der Waals surface area contributed by atoms with E-state index in [9.17, 15) is 9.59 Å². The van der Waals surface area contributed by atoms with Gasteiger partial charge in [-0.2, -0.15) is 0 Å². The number of hydrogen-bond acceptors (Lipinski definition) is 8. The molecule has 1 aliphatic heterocycles. The largest absolute Gasteiger partial charge is 0.466 e. The Kier molecular flexibility index (Phi) is 11.9. The quantitative estimate of drug-likeness (QED) is 0.253. The van der Waals surface area contributed by atoms with Gasteiger partial charge in [0.2, 0.25) is 0 Å². The van der Waals surface area contributed by atoms with Crippen LogP contribution >= 0.6 is 0 Å². The van der Waals surface area contributed by atoms with Gasteiger partial charge in [0.05, 0.1) is 39.5 Å². The summed E-state index contributed by atoms with van der Waals surface area (Å²) in [6, 6.07) is 29.3. The van der Waals surface area contributed by atoms with Crippen LogP contribution in [0, 0.1) is 0 Å². The van der Waals surface area contributed by atoms with E-state index < -0.39 is 42.5 Å². The van der Waals surface area contributed by atoms with E-state index in [2.05, 4.69) is 0 Å². The van der Waals surface area contributed by atoms with Crippen molar-refractivity contribution in [2.45, 2.75) is 70.6 Å². The highest BCUT2D eigenvalue weighted by molar-refractivity contribution is 5.70. The Hall–Kier alpha value is -3.56. The second-order valence-electron chi connectivity index (χ2n) is 9.82. The Labute approximate surface area is 241 Å². The molecule has 0 bridgehead atoms. The number of carbonyl (C=O) groups is 2. The lowest BCUT2D eigenvalue weighted by atomic mass is 9.92. The fourth-order valence-electron chi connectivity index (χ4n) is 4.80. The first kappa shape index (κ1) is 30.4. The Morgan fingerprint density at radius 1 is 0.683 bits per heavy atom. The minimum atomic E-state index is -0.910. The zero-order valence-corrected chi connectivity index (χ0v) is 23.6. The summed E-state index contributed by atoms with van der Waals surface area (Å²) in [6.07, 6.45) is -3.88. The molecule has 0 N–H and O–H groups in total. The van der Waals surface area contributed by atoms with E-state index in [4.69, 9.17) is 28.4 Å². The zero-order chi connectivity index (χ0) is 28.9. The lowest BCUT2D eigenvalue weighted by Gasteiger charge is -2.45. The van der Waals surface area contributed by atoms with E-state index in [-0.39, 0.29) is 32.8 Å². The van der Waals surface area contributed by atoms with Crippen LogP contribution in [0.25, 0.3) is 0 Å². The summed E-state index contributed by atoms with van der Waals surface area (Å²) in [5.74, 6) is -0.967. The Bertz CT molecular complexity index is 1190. The van der Waals surface area contributed by atoms with Crippen LogP contribution in [-0.2, 0) is 57.8 Å². The van der Waals surface area contributed by atoms with Crippen molar-refractivity contribution in [2.75, 3.05) is 13.2 Å². The third-order valence-electron chi connectivity index (χ3n) is 6.67. The molecule has 1 aliphatic rings. The van der Waals surface area contributed by atoms with Crippen molar-refractivity contribution >= 4 is 11.9 Å². The summed E-state index contributed by atoms with van der Waals surface area (Å²) >= 11 is 0. The summed E-state index contributed by atoms with van der Waals surface area (Å²) in [4.78, 5) is 24.9. The minimum Gasteiger partial charge on any atom is -0.466 e. The lowest BCUT2D eigenvalue weighted by Crippen LogP contribution is -2.61. The number of carbonyl (C=O) groups excluding carboxylic acids is 2. The predicted octanol–water partition coefficient (Wildman–Crippen LogP) is 5.03. The molecule has 1 fully saturated rings. The molecule has 218 valence electrons. The molecule has 3 aromatic rings. The topological polar surface area (TPSA) is 89.5 Å². The maximum absolute atomic E-state index is 12.6. The van der Waals surface area contributed by atoms with E-state index in [1.165, 1.54) is 6.92 Å². The summed E-state index contributed by atoms with van der Waals surface area (Å²) in [5.41, 5.74) is 2.93. The average Bonchev–Trinajstić information content (AvgIpc) is 2.98. The van der Waals surface area contributed by atoms with Gasteiger partial charge >= 0.3 is 11.9 Å². The summed E-state index contributed by atoms with van der Waals surface area (Å²) < 4.78 is 36.4. The Morgan fingerprint density at radius 3 is 1.71 bits per heavy atom. The van der Waals surface area contributed by atoms with E-state index in [0.29, 0.717) is 6.61 Å². The third-order valence-corrected chi connectivity index (χ3v) is 6.67. The Balaban J connectivity index is 1.62. The maximum Gasteiger partial charge on any atom is 0.308 e. The van der Waals surface area contributed by atoms with Crippen molar-refractivity contribution in [3.05, 3.63) is 108 Å². The first-order valence-corrected chi connectivity index (χ1v) is 13.9. The third kappa shape index (κ3) is 9.50. The molecule has 4 rings (SSSR count). The van der Waals surface area contributed by atoms with E-state index in [0.717, 1.165) is 16.7 Å². The first-order valence-electron chi connectivity index (χ1n) is 13.9. The minimum absolute atomic E-state index is 0.114. The highest BCUT2D eigenvalue weighted by Crippen LogP contribution is 2.32. The van der Waals surface area contributed by atoms with Gasteiger partial charge in [-0.15, -0.1) is 0 Å². The summed E-state index contributed by atoms with van der Waals surface area (Å²) in [5, 5.41) is 0. The van der Waals surface area contributed by atoms with Crippen LogP contribution in [0.4, 0.5) is 0 Å². The molecule has 8 heteroatoms. The standard InChI is InChI=1S/C33H38O8/c1-3-37-30(35)19-28-32(40-24(2)34)33(39-22-27-17-11-6-12-18-27)31(38-21-26-15-9-5-10-16-26)29(41-28)23-36-20-25-13-7-4-8-14-25/h4-18,28-29,31-33H,3,19-23H2,1-2H3/t28-,29-,31-,32+,33+/m1/s1. The second-order valence-corrected chi connectivity index (χ2v) is 9.82. The molecule has 0 aromatic heterocycles. The van der Waals surface area contributed by atoms with Crippen LogP contribution in [-0.4, -0.2) is 55.7 Å². The maximum atomic E-state index is 12.6. The van der Waals surface area contributed by atoms with Crippen LogP contribution in [0.2, 0.25) is 0 Å². The van der Waals surface area contributed by atoms with E-state index in [1.807, 2.05) is 91.0 Å². The SMILES string of the molecule is CCOC(=O)C[C@H]1O[C@H](COCc2ccccc2)[C@@H](OCc2ccccc2)[C@H](OCc2ccccc2)[C@H]1OC(C)=O. The van der Waals surface area contributed by atoms with E-state index >= 15 is 0 Å². The predicted molar refractivity (Wildman–Crippen MR) is 152 cm³/mol. The van der Waals surface area contributed by atoms with Crippen LogP contribution < -0.4 is 0 Å². The molecule has 0 aliphatic carbocycles. The molecular formula is C33H38O8. The Morgan fingerprint density at radius 2 is 1.20 bits per heavy atom. The number of benzene rings is 3. The van der Waals surface area contributed by atoms with Crippen LogP contribution in [0.3, 0.4) is 0 Å². The van der Waals surface area contributed by atoms with Gasteiger partial charge in [0.1, 0.15) is 24.4 Å². The normalized spacial score (nSPS) is 22.1. The fourth-order valence-corrected chi connectivity index (χ4v) is 4.80. The number of hydrogen-bond donors (Lipinski definition) is 0. The van der Waals surface area contributed by atoms with Gasteiger partial charge in [-0.3, -0.25) is 9.59 Å². The van der Waals surface area contributed by atoms with Crippen molar-refractivity contribution in [3.8, 4) is 0 Å². The molecule has 0 amide bonds. The monoisotopic (exact) mass is 562 g/mol. The van der Waals surface area contributed by atoms with Gasteiger partial charge in [-0.05, 0) is 23.6 Å². The van der Waals surface area contributed by atoms with Crippen LogP contribution in [0.15, 0.2) is 91.0 Å². The number of rotatable bonds is 14. The average molecular weight is 563 g/mol. The van der Waals surface area contributed by atoms with Gasteiger partial charge in [0.25, 0.3) is 0 Å². The summed E-state index contributed by atoms with van der Waals surface area (Å²) in [7, 11) is 0. The lowest BCUT2D eigenvalue weighted by molar-refractivity contribution is -0.267. The van der Waals surface area contributed by atoms with Crippen LogP contribution in [0.5, 0.6) is 0 Å². The zero-order valence-electron chi connectivity index (χ0n) is 23.6. The van der Waals surface area contributed by atoms with Gasteiger partial charge in [0.15, 0.2) is 6.10 Å². The van der Waals surface area contributed by atoms with Crippen molar-refractivity contribution in [3.63, 3.8) is 0 Å². The second kappa shape index (κ2) is 16.0. The molecule has 0 unspecified atom stereocenters. The molecule has 3 aromatic carbocycles. The highest BCUT2D eigenvalue weighted by atomic mass is 16.6. The molecule has 5 atom stereocenters. The molecule has 41 heavy (non-hydrogen) atoms. The fraction of sp³-hybridized carbons (Fsp3) is 0.394. The van der Waals surface area contributed by atoms with Gasteiger partial charge in [-0.1, -0.05) is 91.0 Å². The molecular weight excluding hydrogens is 524 g/mol. The molecule has 0 spiro atoms. The van der Waals surface area contributed by atoms with Gasteiger partial charge < -0.3 is 28.4 Å². The highest BCUT2D eigenvalue weighted by Gasteiger charge is 2.50. The van der Waals surface area contributed by atoms with Gasteiger partial charge in [-0.25, -0.2) is 0 Å². The molecule has 0 saturated carbocycles.